The molecule has 3 aromatic rings. The first-order chi connectivity index (χ1) is 13.3. The van der Waals surface area contributed by atoms with E-state index in [0.29, 0.717) is 36.4 Å². The number of carbonyl (C=O) groups is 1. The molecule has 0 aliphatic rings. The summed E-state index contributed by atoms with van der Waals surface area (Å²) < 4.78 is 1.63. The van der Waals surface area contributed by atoms with E-state index in [1.54, 1.807) is 4.68 Å². The molecular weight excluding hydrogens is 356 g/mol. The third-order valence-corrected chi connectivity index (χ3v) is 4.18. The molecule has 8 heteroatoms. The molecule has 0 atom stereocenters. The van der Waals surface area contributed by atoms with Gasteiger partial charge in [-0.05, 0) is 32.9 Å². The molecule has 148 valence electrons. The van der Waals surface area contributed by atoms with Crippen LogP contribution in [0.2, 0.25) is 0 Å². The van der Waals surface area contributed by atoms with Crippen LogP contribution in [0.15, 0.2) is 41.3 Å². The average Bonchev–Trinajstić information content (AvgIpc) is 3.08. The molecule has 0 unspecified atom stereocenters. The Bertz CT molecular complexity index is 1000. The summed E-state index contributed by atoms with van der Waals surface area (Å²) in [5.41, 5.74) is 1.08. The molecule has 0 aliphatic carbocycles. The minimum atomic E-state index is -0.253. The number of aryl methyl sites for hydroxylation is 1. The number of aromatic nitrogens is 4. The summed E-state index contributed by atoms with van der Waals surface area (Å²) in [5.74, 6) is 0.396. The first-order valence-electron chi connectivity index (χ1n) is 9.37. The molecule has 28 heavy (non-hydrogen) atoms. The Morgan fingerprint density at radius 1 is 1.18 bits per heavy atom. The van der Waals surface area contributed by atoms with E-state index in [1.165, 1.54) is 6.20 Å². The van der Waals surface area contributed by atoms with Gasteiger partial charge >= 0.3 is 0 Å². The van der Waals surface area contributed by atoms with Crippen molar-refractivity contribution in [2.75, 3.05) is 13.1 Å². The van der Waals surface area contributed by atoms with Gasteiger partial charge in [0, 0.05) is 31.5 Å². The van der Waals surface area contributed by atoms with Crippen LogP contribution in [0.3, 0.4) is 0 Å². The van der Waals surface area contributed by atoms with E-state index >= 15 is 0 Å². The topological polar surface area (TPSA) is 105 Å². The largest absolute Gasteiger partial charge is 0.355 e. The lowest BCUT2D eigenvalue weighted by molar-refractivity contribution is -0.121. The number of amides is 1. The van der Waals surface area contributed by atoms with Gasteiger partial charge < -0.3 is 15.6 Å². The molecule has 3 N–H and O–H groups in total. The molecule has 0 spiro atoms. The molecule has 0 aliphatic heterocycles. The van der Waals surface area contributed by atoms with Crippen molar-refractivity contribution in [2.45, 2.75) is 39.2 Å². The number of aromatic amines is 1. The molecule has 3 rings (SSSR count). The fraction of sp³-hybridized carbons (Fsp3) is 0.400. The molecule has 0 bridgehead atoms. The number of hydrogen-bond donors (Lipinski definition) is 3. The number of H-pyrrole nitrogens is 1. The molecule has 1 amide bonds. The Kier molecular flexibility index (Phi) is 5.89. The number of fused-ring (bicyclic) bond motifs is 1. The van der Waals surface area contributed by atoms with Crippen molar-refractivity contribution < 1.29 is 4.79 Å². The van der Waals surface area contributed by atoms with Crippen LogP contribution in [0, 0.1) is 0 Å². The van der Waals surface area contributed by atoms with E-state index in [4.69, 9.17) is 0 Å². The van der Waals surface area contributed by atoms with Crippen molar-refractivity contribution in [3.63, 3.8) is 0 Å². The lowest BCUT2D eigenvalue weighted by Crippen LogP contribution is -2.41. The fourth-order valence-electron chi connectivity index (χ4n) is 2.80. The normalized spacial score (nSPS) is 11.7. The minimum absolute atomic E-state index is 0.0191. The van der Waals surface area contributed by atoms with Gasteiger partial charge in [-0.15, -0.1) is 0 Å². The lowest BCUT2D eigenvalue weighted by Gasteiger charge is -2.20. The van der Waals surface area contributed by atoms with Crippen LogP contribution in [-0.4, -0.2) is 44.3 Å². The average molecular weight is 382 g/mol. The molecule has 0 saturated heterocycles. The maximum atomic E-state index is 12.3. The van der Waals surface area contributed by atoms with Crippen molar-refractivity contribution >= 4 is 16.9 Å². The summed E-state index contributed by atoms with van der Waals surface area (Å²) in [6.45, 7) is 7.49. The van der Waals surface area contributed by atoms with Crippen LogP contribution in [0.25, 0.3) is 16.7 Å². The van der Waals surface area contributed by atoms with Crippen molar-refractivity contribution in [1.82, 2.24) is 30.4 Å². The highest BCUT2D eigenvalue weighted by molar-refractivity contribution is 5.77. The Morgan fingerprint density at radius 3 is 2.64 bits per heavy atom. The van der Waals surface area contributed by atoms with Gasteiger partial charge in [-0.3, -0.25) is 9.59 Å². The van der Waals surface area contributed by atoms with Crippen molar-refractivity contribution in [1.29, 1.82) is 0 Å². The van der Waals surface area contributed by atoms with E-state index in [0.717, 1.165) is 5.69 Å². The maximum absolute atomic E-state index is 12.3. The highest BCUT2D eigenvalue weighted by atomic mass is 16.1. The summed E-state index contributed by atoms with van der Waals surface area (Å²) in [6, 6.07) is 9.50. The predicted molar refractivity (Wildman–Crippen MR) is 109 cm³/mol. The second-order valence-corrected chi connectivity index (χ2v) is 7.67. The molecule has 1 aromatic carbocycles. The second kappa shape index (κ2) is 8.35. The first-order valence-corrected chi connectivity index (χ1v) is 9.37. The van der Waals surface area contributed by atoms with Crippen LogP contribution >= 0.6 is 0 Å². The second-order valence-electron chi connectivity index (χ2n) is 7.67. The van der Waals surface area contributed by atoms with Crippen molar-refractivity contribution in [3.8, 4) is 5.69 Å². The van der Waals surface area contributed by atoms with Gasteiger partial charge in [-0.2, -0.15) is 5.10 Å². The number of nitrogens with one attached hydrogen (secondary N) is 3. The van der Waals surface area contributed by atoms with Crippen LogP contribution in [0.4, 0.5) is 0 Å². The number of carbonyl (C=O) groups excluding carboxylic acids is 1. The summed E-state index contributed by atoms with van der Waals surface area (Å²) in [5, 5.41) is 10.9. The van der Waals surface area contributed by atoms with Gasteiger partial charge in [-0.25, -0.2) is 9.67 Å². The van der Waals surface area contributed by atoms with Gasteiger partial charge in [0.1, 0.15) is 11.2 Å². The highest BCUT2D eigenvalue weighted by Crippen LogP contribution is 2.13. The van der Waals surface area contributed by atoms with Crippen LogP contribution in [0.1, 0.15) is 33.0 Å². The van der Waals surface area contributed by atoms with E-state index < -0.39 is 0 Å². The highest BCUT2D eigenvalue weighted by Gasteiger charge is 2.13. The third kappa shape index (κ3) is 5.04. The van der Waals surface area contributed by atoms with Gasteiger partial charge in [0.15, 0.2) is 5.65 Å². The van der Waals surface area contributed by atoms with Gasteiger partial charge in [0.25, 0.3) is 5.56 Å². The van der Waals surface area contributed by atoms with Gasteiger partial charge in [0.05, 0.1) is 11.9 Å². The molecule has 2 aromatic heterocycles. The molecule has 0 fully saturated rings. The summed E-state index contributed by atoms with van der Waals surface area (Å²) in [4.78, 5) is 31.7. The smallest absolute Gasteiger partial charge is 0.262 e. The number of benzene rings is 1. The standard InChI is InChI=1S/C20H26N6O2/c1-20(2,3)22-12-11-21-17(27)10-9-16-24-18-15(19(28)25-16)13-23-26(18)14-7-5-4-6-8-14/h4-8,13,22H,9-12H2,1-3H3,(H,21,27)(H,24,25,28). The zero-order valence-corrected chi connectivity index (χ0v) is 16.5. The van der Waals surface area contributed by atoms with Crippen LogP contribution in [-0.2, 0) is 11.2 Å². The Morgan fingerprint density at radius 2 is 1.93 bits per heavy atom. The molecule has 0 radical (unpaired) electrons. The summed E-state index contributed by atoms with van der Waals surface area (Å²) in [7, 11) is 0. The molecule has 0 saturated carbocycles. The van der Waals surface area contributed by atoms with Crippen LogP contribution in [0.5, 0.6) is 0 Å². The number of hydrogen-bond acceptors (Lipinski definition) is 5. The lowest BCUT2D eigenvalue weighted by atomic mass is 10.1. The Labute approximate surface area is 163 Å². The summed E-state index contributed by atoms with van der Waals surface area (Å²) >= 11 is 0. The Balaban J connectivity index is 1.65. The molecule has 2 heterocycles. The van der Waals surface area contributed by atoms with Crippen molar-refractivity contribution in [2.24, 2.45) is 0 Å². The van der Waals surface area contributed by atoms with E-state index in [2.05, 4.69) is 46.5 Å². The van der Waals surface area contributed by atoms with Crippen molar-refractivity contribution in [3.05, 3.63) is 52.7 Å². The summed E-state index contributed by atoms with van der Waals surface area (Å²) in [6.07, 6.45) is 2.11. The number of nitrogens with zero attached hydrogens (tertiary/aromatic N) is 3. The minimum Gasteiger partial charge on any atom is -0.355 e. The zero-order chi connectivity index (χ0) is 20.1. The first kappa shape index (κ1) is 19.8. The predicted octanol–water partition coefficient (Wildman–Crippen LogP) is 1.55. The number of rotatable bonds is 7. The van der Waals surface area contributed by atoms with E-state index in [9.17, 15) is 9.59 Å². The van der Waals surface area contributed by atoms with Gasteiger partial charge in [0.2, 0.25) is 5.91 Å². The zero-order valence-electron chi connectivity index (χ0n) is 16.5. The maximum Gasteiger partial charge on any atom is 0.262 e. The Hall–Kier alpha value is -3.00. The van der Waals surface area contributed by atoms with Crippen LogP contribution < -0.4 is 16.2 Å². The molecule has 8 nitrogen and oxygen atoms in total. The van der Waals surface area contributed by atoms with E-state index in [1.807, 2.05) is 30.3 Å². The SMILES string of the molecule is CC(C)(C)NCCNC(=O)CCc1nc2c(cnn2-c2ccccc2)c(=O)[nH]1. The number of para-hydroxylation sites is 1. The quantitative estimate of drug-likeness (QED) is 0.538. The monoisotopic (exact) mass is 382 g/mol. The van der Waals surface area contributed by atoms with E-state index in [-0.39, 0.29) is 23.4 Å². The fourth-order valence-corrected chi connectivity index (χ4v) is 2.80. The van der Waals surface area contributed by atoms with Gasteiger partial charge in [-0.1, -0.05) is 18.2 Å². The molecular formula is C20H26N6O2. The third-order valence-electron chi connectivity index (χ3n) is 4.18.